The summed E-state index contributed by atoms with van der Waals surface area (Å²) in [6.07, 6.45) is 1.63. The van der Waals surface area contributed by atoms with Crippen LogP contribution in [0.25, 0.3) is 16.6 Å². The molecule has 1 aliphatic heterocycles. The molecule has 6 rings (SSSR count). The molecule has 37 heavy (non-hydrogen) atoms. The number of benzene rings is 4. The molecule has 2 heterocycles. The van der Waals surface area contributed by atoms with Crippen molar-refractivity contribution in [1.29, 1.82) is 0 Å². The standard InChI is InChI=1S/C30H23N3O3S/c1-18-13-30(35)33(21-9-7-20(8-10-21)31-17-19-5-3-4-6-27(19)34)26-16-25-29(15-23(18)26)37-28-14-22(36-2)11-12-24(28)32-25/h3-17,32,34H,1-2H3. The first kappa shape index (κ1) is 22.9. The quantitative estimate of drug-likeness (QED) is 0.253. The van der Waals surface area contributed by atoms with Crippen LogP contribution in [0.5, 0.6) is 11.5 Å². The van der Waals surface area contributed by atoms with Crippen LogP contribution in [0.3, 0.4) is 0 Å². The number of aromatic hydroxyl groups is 1. The number of nitrogens with one attached hydrogen (secondary N) is 1. The van der Waals surface area contributed by atoms with Crippen LogP contribution in [0.15, 0.2) is 105 Å². The average Bonchev–Trinajstić information content (AvgIpc) is 2.91. The number of para-hydroxylation sites is 1. The summed E-state index contributed by atoms with van der Waals surface area (Å²) in [5.74, 6) is 0.994. The largest absolute Gasteiger partial charge is 0.507 e. The summed E-state index contributed by atoms with van der Waals surface area (Å²) in [5.41, 5.74) is 5.75. The predicted octanol–water partition coefficient (Wildman–Crippen LogP) is 6.97. The molecular weight excluding hydrogens is 482 g/mol. The fourth-order valence-electron chi connectivity index (χ4n) is 4.47. The van der Waals surface area contributed by atoms with Gasteiger partial charge in [-0.15, -0.1) is 0 Å². The van der Waals surface area contributed by atoms with Crippen molar-refractivity contribution in [3.05, 3.63) is 106 Å². The minimum absolute atomic E-state index is 0.0935. The third kappa shape index (κ3) is 4.23. The molecule has 1 aliphatic rings. The number of aliphatic imine (C=N–C) groups is 1. The van der Waals surface area contributed by atoms with Gasteiger partial charge in [-0.3, -0.25) is 14.4 Å². The van der Waals surface area contributed by atoms with Crippen LogP contribution in [-0.2, 0) is 0 Å². The molecule has 5 aromatic rings. The van der Waals surface area contributed by atoms with Gasteiger partial charge in [0.25, 0.3) is 5.56 Å². The molecule has 0 amide bonds. The van der Waals surface area contributed by atoms with E-state index >= 15 is 0 Å². The number of phenolic OH excluding ortho intramolecular Hbond substituents is 1. The van der Waals surface area contributed by atoms with E-state index in [1.54, 1.807) is 53.9 Å². The Balaban J connectivity index is 1.40. The highest BCUT2D eigenvalue weighted by molar-refractivity contribution is 7.99. The third-order valence-electron chi connectivity index (χ3n) is 6.40. The van der Waals surface area contributed by atoms with Crippen molar-refractivity contribution >= 4 is 45.9 Å². The first-order chi connectivity index (χ1) is 18.0. The number of nitrogens with zero attached hydrogens (tertiary/aromatic N) is 2. The number of methoxy groups -OCH3 is 1. The van der Waals surface area contributed by atoms with E-state index in [0.717, 1.165) is 54.8 Å². The zero-order chi connectivity index (χ0) is 25.5. The Kier molecular flexibility index (Phi) is 5.70. The van der Waals surface area contributed by atoms with Crippen LogP contribution in [0.1, 0.15) is 11.1 Å². The van der Waals surface area contributed by atoms with Gasteiger partial charge in [0.1, 0.15) is 11.5 Å². The smallest absolute Gasteiger partial charge is 0.255 e. The van der Waals surface area contributed by atoms with E-state index in [2.05, 4.69) is 16.4 Å². The summed E-state index contributed by atoms with van der Waals surface area (Å²) in [4.78, 5) is 19.8. The summed E-state index contributed by atoms with van der Waals surface area (Å²) in [5, 5.41) is 14.5. The van der Waals surface area contributed by atoms with E-state index in [0.29, 0.717) is 5.56 Å². The maximum Gasteiger partial charge on any atom is 0.255 e. The minimum Gasteiger partial charge on any atom is -0.507 e. The van der Waals surface area contributed by atoms with Gasteiger partial charge < -0.3 is 15.2 Å². The molecule has 0 aliphatic carbocycles. The van der Waals surface area contributed by atoms with E-state index < -0.39 is 0 Å². The van der Waals surface area contributed by atoms with Crippen molar-refractivity contribution in [3.8, 4) is 17.2 Å². The van der Waals surface area contributed by atoms with Gasteiger partial charge in [-0.1, -0.05) is 23.9 Å². The average molecular weight is 506 g/mol. The molecular formula is C30H23N3O3S. The van der Waals surface area contributed by atoms with Gasteiger partial charge in [-0.2, -0.15) is 0 Å². The van der Waals surface area contributed by atoms with E-state index in [1.807, 2.05) is 61.5 Å². The van der Waals surface area contributed by atoms with E-state index in [4.69, 9.17) is 4.74 Å². The lowest BCUT2D eigenvalue weighted by Crippen LogP contribution is -2.18. The van der Waals surface area contributed by atoms with Crippen molar-refractivity contribution in [2.75, 3.05) is 12.4 Å². The molecule has 0 bridgehead atoms. The molecule has 0 saturated heterocycles. The maximum atomic E-state index is 13.2. The summed E-state index contributed by atoms with van der Waals surface area (Å²) in [6, 6.07) is 26.4. The van der Waals surface area contributed by atoms with Crippen LogP contribution in [0, 0.1) is 6.92 Å². The molecule has 0 fully saturated rings. The van der Waals surface area contributed by atoms with Crippen molar-refractivity contribution < 1.29 is 9.84 Å². The number of fused-ring (bicyclic) bond motifs is 3. The molecule has 2 N–H and O–H groups in total. The Morgan fingerprint density at radius 3 is 2.51 bits per heavy atom. The van der Waals surface area contributed by atoms with Crippen molar-refractivity contribution in [3.63, 3.8) is 0 Å². The number of hydrogen-bond acceptors (Lipinski definition) is 6. The number of hydrogen-bond donors (Lipinski definition) is 2. The lowest BCUT2D eigenvalue weighted by atomic mass is 10.1. The number of phenols is 1. The first-order valence-electron chi connectivity index (χ1n) is 11.8. The molecule has 0 unspecified atom stereocenters. The zero-order valence-electron chi connectivity index (χ0n) is 20.2. The molecule has 0 atom stereocenters. The van der Waals surface area contributed by atoms with Gasteiger partial charge in [-0.25, -0.2) is 0 Å². The molecule has 0 saturated carbocycles. The summed E-state index contributed by atoms with van der Waals surface area (Å²) < 4.78 is 7.12. The van der Waals surface area contributed by atoms with E-state index in [9.17, 15) is 9.90 Å². The first-order valence-corrected chi connectivity index (χ1v) is 12.6. The Morgan fingerprint density at radius 2 is 1.73 bits per heavy atom. The van der Waals surface area contributed by atoms with E-state index in [-0.39, 0.29) is 11.3 Å². The number of ether oxygens (including phenoxy) is 1. The van der Waals surface area contributed by atoms with Gasteiger partial charge in [0.15, 0.2) is 0 Å². The van der Waals surface area contributed by atoms with Gasteiger partial charge >= 0.3 is 0 Å². The number of pyridine rings is 1. The molecule has 0 radical (unpaired) electrons. The highest BCUT2D eigenvalue weighted by atomic mass is 32.2. The maximum absolute atomic E-state index is 13.2. The second kappa shape index (κ2) is 9.19. The van der Waals surface area contributed by atoms with Crippen LogP contribution >= 0.6 is 11.8 Å². The second-order valence-electron chi connectivity index (χ2n) is 8.79. The second-order valence-corrected chi connectivity index (χ2v) is 9.87. The zero-order valence-corrected chi connectivity index (χ0v) is 21.0. The number of aromatic nitrogens is 1. The third-order valence-corrected chi connectivity index (χ3v) is 7.51. The highest BCUT2D eigenvalue weighted by Gasteiger charge is 2.19. The van der Waals surface area contributed by atoms with Crippen LogP contribution in [0.4, 0.5) is 17.1 Å². The monoisotopic (exact) mass is 505 g/mol. The Bertz CT molecular complexity index is 1760. The molecule has 7 heteroatoms. The number of anilines is 2. The Labute approximate surface area is 217 Å². The normalized spacial score (nSPS) is 12.3. The van der Waals surface area contributed by atoms with Gasteiger partial charge in [-0.05, 0) is 79.2 Å². The van der Waals surface area contributed by atoms with Crippen LogP contribution in [-0.4, -0.2) is 23.0 Å². The lowest BCUT2D eigenvalue weighted by Gasteiger charge is -2.23. The SMILES string of the molecule is COc1ccc2c(c1)Sc1cc3c(C)cc(=O)n(-c4ccc(N=Cc5ccccc5O)cc4)c3cc1N2. The predicted molar refractivity (Wildman–Crippen MR) is 150 cm³/mol. The molecule has 6 nitrogen and oxygen atoms in total. The molecule has 182 valence electrons. The summed E-state index contributed by atoms with van der Waals surface area (Å²) in [6.45, 7) is 1.97. The van der Waals surface area contributed by atoms with Gasteiger partial charge in [0, 0.05) is 38.7 Å². The fourth-order valence-corrected chi connectivity index (χ4v) is 5.51. The summed E-state index contributed by atoms with van der Waals surface area (Å²) in [7, 11) is 1.67. The molecule has 4 aromatic carbocycles. The van der Waals surface area contributed by atoms with Crippen LogP contribution in [0.2, 0.25) is 0 Å². The fraction of sp³-hybridized carbons (Fsp3) is 0.0667. The topological polar surface area (TPSA) is 75.9 Å². The van der Waals surface area contributed by atoms with Crippen LogP contribution < -0.4 is 15.6 Å². The Hall–Kier alpha value is -4.49. The van der Waals surface area contributed by atoms with Crippen molar-refractivity contribution in [2.45, 2.75) is 16.7 Å². The van der Waals surface area contributed by atoms with E-state index in [1.165, 1.54) is 0 Å². The lowest BCUT2D eigenvalue weighted by molar-refractivity contribution is 0.414. The molecule has 0 spiro atoms. The van der Waals surface area contributed by atoms with Gasteiger partial charge in [0.05, 0.1) is 29.7 Å². The number of aryl methyl sites for hydroxylation is 1. The number of rotatable bonds is 4. The van der Waals surface area contributed by atoms with Gasteiger partial charge in [0.2, 0.25) is 0 Å². The minimum atomic E-state index is -0.0935. The highest BCUT2D eigenvalue weighted by Crippen LogP contribution is 2.47. The molecule has 1 aromatic heterocycles. The van der Waals surface area contributed by atoms with Crippen molar-refractivity contribution in [2.24, 2.45) is 4.99 Å². The summed E-state index contributed by atoms with van der Waals surface area (Å²) >= 11 is 1.68. The van der Waals surface area contributed by atoms with Crippen molar-refractivity contribution in [1.82, 2.24) is 4.57 Å². The Morgan fingerprint density at radius 1 is 0.946 bits per heavy atom.